The Morgan fingerprint density at radius 2 is 1.82 bits per heavy atom. The summed E-state index contributed by atoms with van der Waals surface area (Å²) in [5, 5.41) is 13.5. The first-order valence-corrected chi connectivity index (χ1v) is 6.55. The van der Waals surface area contributed by atoms with Gasteiger partial charge in [0.1, 0.15) is 5.75 Å². The second-order valence-corrected chi connectivity index (χ2v) is 5.39. The van der Waals surface area contributed by atoms with Crippen LogP contribution in [-0.4, -0.2) is 11.1 Å². The molecular formula is C15H25NO. The number of aromatic hydroxyl groups is 1. The van der Waals surface area contributed by atoms with Crippen molar-refractivity contribution in [3.63, 3.8) is 0 Å². The number of phenols is 1. The molecule has 2 heteroatoms. The summed E-state index contributed by atoms with van der Waals surface area (Å²) >= 11 is 0. The number of rotatable bonds is 5. The van der Waals surface area contributed by atoms with Crippen molar-refractivity contribution >= 4 is 5.69 Å². The maximum Gasteiger partial charge on any atom is 0.121 e. The van der Waals surface area contributed by atoms with E-state index < -0.39 is 0 Å². The van der Waals surface area contributed by atoms with Gasteiger partial charge in [0, 0.05) is 17.3 Å². The quantitative estimate of drug-likeness (QED) is 0.809. The third-order valence-electron chi connectivity index (χ3n) is 2.73. The van der Waals surface area contributed by atoms with E-state index >= 15 is 0 Å². The van der Waals surface area contributed by atoms with Gasteiger partial charge in [0.25, 0.3) is 0 Å². The zero-order chi connectivity index (χ0) is 13.0. The highest BCUT2D eigenvalue weighted by molar-refractivity contribution is 5.59. The summed E-state index contributed by atoms with van der Waals surface area (Å²) in [5.74, 6) is 1.03. The first-order valence-electron chi connectivity index (χ1n) is 6.55. The first-order chi connectivity index (χ1) is 7.93. The molecule has 0 aliphatic rings. The highest BCUT2D eigenvalue weighted by Gasteiger charge is 2.10. The third-order valence-corrected chi connectivity index (χ3v) is 2.73. The van der Waals surface area contributed by atoms with Crippen LogP contribution in [0.5, 0.6) is 5.75 Å². The maximum atomic E-state index is 10.1. The molecule has 0 unspecified atom stereocenters. The van der Waals surface area contributed by atoms with Crippen LogP contribution in [0.3, 0.4) is 0 Å². The van der Waals surface area contributed by atoms with Gasteiger partial charge in [-0.1, -0.05) is 20.8 Å². The van der Waals surface area contributed by atoms with Crippen LogP contribution in [0.2, 0.25) is 0 Å². The van der Waals surface area contributed by atoms with Crippen LogP contribution >= 0.6 is 0 Å². The molecule has 0 aliphatic carbocycles. The van der Waals surface area contributed by atoms with Gasteiger partial charge in [0.05, 0.1) is 0 Å². The van der Waals surface area contributed by atoms with E-state index in [2.05, 4.69) is 46.0 Å². The molecule has 0 fully saturated rings. The van der Waals surface area contributed by atoms with E-state index in [9.17, 15) is 5.11 Å². The molecule has 0 spiro atoms. The van der Waals surface area contributed by atoms with E-state index in [4.69, 9.17) is 0 Å². The van der Waals surface area contributed by atoms with E-state index in [-0.39, 0.29) is 0 Å². The molecule has 0 saturated heterocycles. The van der Waals surface area contributed by atoms with Crippen molar-refractivity contribution in [2.24, 2.45) is 5.92 Å². The Morgan fingerprint density at radius 3 is 2.29 bits per heavy atom. The van der Waals surface area contributed by atoms with Crippen molar-refractivity contribution < 1.29 is 5.11 Å². The lowest BCUT2D eigenvalue weighted by molar-refractivity contribution is 0.467. The highest BCUT2D eigenvalue weighted by Crippen LogP contribution is 2.29. The Kier molecular flexibility index (Phi) is 4.86. The van der Waals surface area contributed by atoms with Gasteiger partial charge >= 0.3 is 0 Å². The SMILES string of the molecule is CCc1c(O)cc(CC(C)C)cc1NC(C)C. The Balaban J connectivity index is 3.09. The summed E-state index contributed by atoms with van der Waals surface area (Å²) < 4.78 is 0. The summed E-state index contributed by atoms with van der Waals surface area (Å²) in [7, 11) is 0. The zero-order valence-electron chi connectivity index (χ0n) is 11.7. The molecule has 0 aliphatic heterocycles. The maximum absolute atomic E-state index is 10.1. The number of hydrogen-bond acceptors (Lipinski definition) is 2. The van der Waals surface area contributed by atoms with Gasteiger partial charge in [0.15, 0.2) is 0 Å². The van der Waals surface area contributed by atoms with Gasteiger partial charge in [-0.05, 0) is 50.3 Å². The van der Waals surface area contributed by atoms with Gasteiger partial charge < -0.3 is 10.4 Å². The van der Waals surface area contributed by atoms with Crippen LogP contribution < -0.4 is 5.32 Å². The third kappa shape index (κ3) is 3.95. The fourth-order valence-electron chi connectivity index (χ4n) is 2.12. The molecule has 2 nitrogen and oxygen atoms in total. The van der Waals surface area contributed by atoms with Gasteiger partial charge in [-0.25, -0.2) is 0 Å². The fraction of sp³-hybridized carbons (Fsp3) is 0.600. The lowest BCUT2D eigenvalue weighted by Crippen LogP contribution is -2.12. The van der Waals surface area contributed by atoms with Crippen molar-refractivity contribution in [3.8, 4) is 5.75 Å². The van der Waals surface area contributed by atoms with E-state index in [1.54, 1.807) is 0 Å². The molecule has 17 heavy (non-hydrogen) atoms. The predicted octanol–water partition coefficient (Wildman–Crippen LogP) is 3.97. The van der Waals surface area contributed by atoms with Crippen molar-refractivity contribution in [2.75, 3.05) is 5.32 Å². The molecule has 96 valence electrons. The van der Waals surface area contributed by atoms with Crippen LogP contribution in [0.15, 0.2) is 12.1 Å². The van der Waals surface area contributed by atoms with Gasteiger partial charge in [-0.2, -0.15) is 0 Å². The zero-order valence-corrected chi connectivity index (χ0v) is 11.7. The summed E-state index contributed by atoms with van der Waals surface area (Å²) in [6.45, 7) is 10.7. The Morgan fingerprint density at radius 1 is 1.18 bits per heavy atom. The van der Waals surface area contributed by atoms with Crippen molar-refractivity contribution in [2.45, 2.75) is 53.5 Å². The highest BCUT2D eigenvalue weighted by atomic mass is 16.3. The molecule has 0 radical (unpaired) electrons. The van der Waals surface area contributed by atoms with Crippen LogP contribution in [-0.2, 0) is 12.8 Å². The second-order valence-electron chi connectivity index (χ2n) is 5.39. The van der Waals surface area contributed by atoms with Crippen LogP contribution in [0.1, 0.15) is 45.7 Å². The lowest BCUT2D eigenvalue weighted by atomic mass is 9.98. The smallest absolute Gasteiger partial charge is 0.121 e. The Bertz CT molecular complexity index is 369. The van der Waals surface area contributed by atoms with Crippen LogP contribution in [0.4, 0.5) is 5.69 Å². The summed E-state index contributed by atoms with van der Waals surface area (Å²) in [4.78, 5) is 0. The molecule has 0 saturated carbocycles. The minimum Gasteiger partial charge on any atom is -0.508 e. The number of hydrogen-bond donors (Lipinski definition) is 2. The molecule has 1 rings (SSSR count). The van der Waals surface area contributed by atoms with Crippen molar-refractivity contribution in [3.05, 3.63) is 23.3 Å². The van der Waals surface area contributed by atoms with Crippen molar-refractivity contribution in [1.82, 2.24) is 0 Å². The first kappa shape index (κ1) is 13.9. The lowest BCUT2D eigenvalue weighted by Gasteiger charge is -2.17. The van der Waals surface area contributed by atoms with E-state index in [1.807, 2.05) is 6.07 Å². The monoisotopic (exact) mass is 235 g/mol. The Hall–Kier alpha value is -1.18. The minimum absolute atomic E-state index is 0.383. The number of nitrogens with one attached hydrogen (secondary N) is 1. The molecule has 1 aromatic rings. The van der Waals surface area contributed by atoms with Crippen LogP contribution in [0.25, 0.3) is 0 Å². The number of anilines is 1. The number of benzene rings is 1. The molecule has 0 bridgehead atoms. The normalized spacial score (nSPS) is 11.2. The minimum atomic E-state index is 0.383. The molecule has 0 heterocycles. The predicted molar refractivity (Wildman–Crippen MR) is 74.8 cm³/mol. The summed E-state index contributed by atoms with van der Waals surface area (Å²) in [6.07, 6.45) is 1.85. The van der Waals surface area contributed by atoms with E-state index in [1.165, 1.54) is 5.56 Å². The van der Waals surface area contributed by atoms with Crippen molar-refractivity contribution in [1.29, 1.82) is 0 Å². The standard InChI is InChI=1S/C15H25NO/c1-6-13-14(16-11(4)5)8-12(7-10(2)3)9-15(13)17/h8-11,16-17H,6-7H2,1-5H3. The summed E-state index contributed by atoms with van der Waals surface area (Å²) in [5.41, 5.74) is 3.31. The van der Waals surface area contributed by atoms with Crippen LogP contribution in [0, 0.1) is 5.92 Å². The van der Waals surface area contributed by atoms with Gasteiger partial charge in [-0.3, -0.25) is 0 Å². The Labute approximate surface area is 105 Å². The largest absolute Gasteiger partial charge is 0.508 e. The van der Waals surface area contributed by atoms with Gasteiger partial charge in [0.2, 0.25) is 0 Å². The van der Waals surface area contributed by atoms with E-state index in [0.717, 1.165) is 24.1 Å². The second kappa shape index (κ2) is 5.95. The molecule has 2 N–H and O–H groups in total. The summed E-state index contributed by atoms with van der Waals surface area (Å²) in [6, 6.07) is 4.47. The molecule has 1 aromatic carbocycles. The topological polar surface area (TPSA) is 32.3 Å². The molecule has 0 atom stereocenters. The van der Waals surface area contributed by atoms with Gasteiger partial charge in [-0.15, -0.1) is 0 Å². The molecular weight excluding hydrogens is 210 g/mol. The molecule has 0 amide bonds. The number of phenolic OH excluding ortho intramolecular Hbond substituents is 1. The average Bonchev–Trinajstić information content (AvgIpc) is 2.14. The average molecular weight is 235 g/mol. The van der Waals surface area contributed by atoms with E-state index in [0.29, 0.717) is 17.7 Å². The molecule has 0 aromatic heterocycles. The fourth-order valence-corrected chi connectivity index (χ4v) is 2.12.